The molecule has 0 bridgehead atoms. The number of nitro groups is 1. The van der Waals surface area contributed by atoms with Crippen molar-refractivity contribution in [1.82, 2.24) is 0 Å². The molecule has 0 aliphatic heterocycles. The fourth-order valence-electron chi connectivity index (χ4n) is 2.30. The lowest BCUT2D eigenvalue weighted by molar-refractivity contribution is -0.384. The van der Waals surface area contributed by atoms with Crippen LogP contribution in [0.15, 0.2) is 48.5 Å². The summed E-state index contributed by atoms with van der Waals surface area (Å²) in [4.78, 5) is 22.4. The van der Waals surface area contributed by atoms with Gasteiger partial charge in [0.2, 0.25) is 5.91 Å². The van der Waals surface area contributed by atoms with Gasteiger partial charge < -0.3 is 10.6 Å². The van der Waals surface area contributed by atoms with Crippen LogP contribution in [0.4, 0.5) is 17.1 Å². The monoisotopic (exact) mass is 341 g/mol. The number of hydrogen-bond donors (Lipinski definition) is 2. The van der Waals surface area contributed by atoms with Crippen LogP contribution in [0.5, 0.6) is 0 Å². The molecule has 0 fully saturated rings. The van der Waals surface area contributed by atoms with E-state index in [4.69, 9.17) is 0 Å². The number of nitrogens with zero attached hydrogens (tertiary/aromatic N) is 1. The molecule has 25 heavy (non-hydrogen) atoms. The second-order valence-corrected chi connectivity index (χ2v) is 6.99. The van der Waals surface area contributed by atoms with Crippen LogP contribution in [-0.2, 0) is 10.2 Å². The van der Waals surface area contributed by atoms with E-state index in [2.05, 4.69) is 31.4 Å². The fraction of sp³-hybridized carbons (Fsp3) is 0.316. The maximum atomic E-state index is 12.3. The van der Waals surface area contributed by atoms with Gasteiger partial charge in [0.25, 0.3) is 5.69 Å². The second kappa shape index (κ2) is 7.34. The molecule has 0 aliphatic rings. The van der Waals surface area contributed by atoms with E-state index in [1.165, 1.54) is 29.8 Å². The Morgan fingerprint density at radius 2 is 1.52 bits per heavy atom. The summed E-state index contributed by atoms with van der Waals surface area (Å²) in [6.07, 6.45) is 0. The van der Waals surface area contributed by atoms with Crippen LogP contribution >= 0.6 is 0 Å². The van der Waals surface area contributed by atoms with Gasteiger partial charge in [-0.15, -0.1) is 0 Å². The Bertz CT molecular complexity index is 747. The van der Waals surface area contributed by atoms with Crippen molar-refractivity contribution in [2.75, 3.05) is 10.6 Å². The summed E-state index contributed by atoms with van der Waals surface area (Å²) in [6.45, 7) is 8.21. The summed E-state index contributed by atoms with van der Waals surface area (Å²) in [5.41, 5.74) is 2.67. The number of anilines is 2. The lowest BCUT2D eigenvalue weighted by atomic mass is 9.87. The first kappa shape index (κ1) is 18.4. The zero-order chi connectivity index (χ0) is 18.6. The van der Waals surface area contributed by atoms with E-state index in [0.717, 1.165) is 5.69 Å². The van der Waals surface area contributed by atoms with Gasteiger partial charge in [-0.2, -0.15) is 0 Å². The van der Waals surface area contributed by atoms with Crippen LogP contribution in [0.25, 0.3) is 0 Å². The molecule has 132 valence electrons. The number of nitro benzene ring substituents is 1. The van der Waals surface area contributed by atoms with Crippen LogP contribution in [0.3, 0.4) is 0 Å². The highest BCUT2D eigenvalue weighted by molar-refractivity contribution is 5.96. The van der Waals surface area contributed by atoms with Gasteiger partial charge in [-0.05, 0) is 42.2 Å². The minimum atomic E-state index is -0.475. The molecule has 0 aliphatic carbocycles. The molecule has 6 nitrogen and oxygen atoms in total. The minimum Gasteiger partial charge on any atom is -0.374 e. The van der Waals surface area contributed by atoms with Crippen molar-refractivity contribution in [3.63, 3.8) is 0 Å². The SMILES string of the molecule is CC(Nc1ccc(C(C)(C)C)cc1)C(=O)Nc1ccc([N+](=O)[O-])cc1. The molecule has 2 N–H and O–H groups in total. The number of hydrogen-bond acceptors (Lipinski definition) is 4. The number of carbonyl (C=O) groups is 1. The fourth-order valence-corrected chi connectivity index (χ4v) is 2.30. The molecule has 0 spiro atoms. The van der Waals surface area contributed by atoms with Crippen LogP contribution < -0.4 is 10.6 Å². The second-order valence-electron chi connectivity index (χ2n) is 6.99. The summed E-state index contributed by atoms with van der Waals surface area (Å²) in [7, 11) is 0. The van der Waals surface area contributed by atoms with Crippen molar-refractivity contribution >= 4 is 23.0 Å². The molecule has 1 amide bonds. The Kier molecular flexibility index (Phi) is 5.41. The quantitative estimate of drug-likeness (QED) is 0.626. The summed E-state index contributed by atoms with van der Waals surface area (Å²) in [5.74, 6) is -0.214. The highest BCUT2D eigenvalue weighted by atomic mass is 16.6. The molecule has 1 unspecified atom stereocenters. The Balaban J connectivity index is 1.96. The molecule has 2 rings (SSSR count). The number of rotatable bonds is 5. The average Bonchev–Trinajstić information content (AvgIpc) is 2.55. The van der Waals surface area contributed by atoms with Gasteiger partial charge in [0, 0.05) is 23.5 Å². The molecule has 0 radical (unpaired) electrons. The maximum Gasteiger partial charge on any atom is 0.269 e. The van der Waals surface area contributed by atoms with Crippen molar-refractivity contribution in [2.24, 2.45) is 0 Å². The van der Waals surface area contributed by atoms with E-state index < -0.39 is 11.0 Å². The minimum absolute atomic E-state index is 0.0110. The smallest absolute Gasteiger partial charge is 0.269 e. The highest BCUT2D eigenvalue weighted by Crippen LogP contribution is 2.23. The molecular weight excluding hydrogens is 318 g/mol. The molecular formula is C19H23N3O3. The molecule has 2 aromatic rings. The number of non-ortho nitro benzene ring substituents is 1. The molecule has 0 heterocycles. The first-order valence-electron chi connectivity index (χ1n) is 8.09. The topological polar surface area (TPSA) is 84.3 Å². The van der Waals surface area contributed by atoms with Crippen LogP contribution in [0.1, 0.15) is 33.3 Å². The van der Waals surface area contributed by atoms with Crippen LogP contribution in [0, 0.1) is 10.1 Å². The normalized spacial score (nSPS) is 12.3. The molecule has 1 atom stereocenters. The van der Waals surface area contributed by atoms with Gasteiger partial charge in [-0.3, -0.25) is 14.9 Å². The van der Waals surface area contributed by atoms with Crippen molar-refractivity contribution < 1.29 is 9.72 Å². The van der Waals surface area contributed by atoms with Crippen molar-refractivity contribution in [3.05, 3.63) is 64.2 Å². The lowest BCUT2D eigenvalue weighted by Gasteiger charge is -2.20. The van der Waals surface area contributed by atoms with Gasteiger partial charge in [-0.25, -0.2) is 0 Å². The molecule has 2 aromatic carbocycles. The van der Waals surface area contributed by atoms with E-state index in [-0.39, 0.29) is 17.0 Å². The lowest BCUT2D eigenvalue weighted by Crippen LogP contribution is -2.31. The number of amides is 1. The van der Waals surface area contributed by atoms with Gasteiger partial charge in [-0.1, -0.05) is 32.9 Å². The molecule has 0 saturated carbocycles. The van der Waals surface area contributed by atoms with Crippen LogP contribution in [0.2, 0.25) is 0 Å². The third-order valence-electron chi connectivity index (χ3n) is 3.87. The summed E-state index contributed by atoms with van der Waals surface area (Å²) in [6, 6.07) is 13.3. The Hall–Kier alpha value is -2.89. The van der Waals surface area contributed by atoms with Gasteiger partial charge >= 0.3 is 0 Å². The standard InChI is InChI=1S/C19H23N3O3/c1-13(20-15-7-5-14(6-8-15)19(2,3)4)18(23)21-16-9-11-17(12-10-16)22(24)25/h5-13,20H,1-4H3,(H,21,23). The number of carbonyl (C=O) groups excluding carboxylic acids is 1. The van der Waals surface area contributed by atoms with E-state index in [1.807, 2.05) is 24.3 Å². The van der Waals surface area contributed by atoms with Crippen LogP contribution in [-0.4, -0.2) is 16.9 Å². The van der Waals surface area contributed by atoms with Crippen molar-refractivity contribution in [3.8, 4) is 0 Å². The largest absolute Gasteiger partial charge is 0.374 e. The van der Waals surface area contributed by atoms with Crippen molar-refractivity contribution in [2.45, 2.75) is 39.2 Å². The predicted octanol–water partition coefficient (Wildman–Crippen LogP) is 4.33. The van der Waals surface area contributed by atoms with E-state index >= 15 is 0 Å². The van der Waals surface area contributed by atoms with E-state index in [0.29, 0.717) is 5.69 Å². The third kappa shape index (κ3) is 5.04. The summed E-state index contributed by atoms with van der Waals surface area (Å²) < 4.78 is 0. The molecule has 0 saturated heterocycles. The van der Waals surface area contributed by atoms with Gasteiger partial charge in [0.05, 0.1) is 4.92 Å². The highest BCUT2D eigenvalue weighted by Gasteiger charge is 2.15. The third-order valence-corrected chi connectivity index (χ3v) is 3.87. The number of benzene rings is 2. The molecule has 0 aromatic heterocycles. The molecule has 6 heteroatoms. The first-order valence-corrected chi connectivity index (χ1v) is 8.09. The zero-order valence-electron chi connectivity index (χ0n) is 14.9. The Morgan fingerprint density at radius 1 is 1.00 bits per heavy atom. The summed E-state index contributed by atoms with van der Waals surface area (Å²) in [5, 5.41) is 16.5. The summed E-state index contributed by atoms with van der Waals surface area (Å²) >= 11 is 0. The Morgan fingerprint density at radius 3 is 2.00 bits per heavy atom. The number of nitrogens with one attached hydrogen (secondary N) is 2. The maximum absolute atomic E-state index is 12.3. The first-order chi connectivity index (χ1) is 11.7. The van der Waals surface area contributed by atoms with E-state index in [9.17, 15) is 14.9 Å². The zero-order valence-corrected chi connectivity index (χ0v) is 14.9. The average molecular weight is 341 g/mol. The van der Waals surface area contributed by atoms with Gasteiger partial charge in [0.15, 0.2) is 0 Å². The predicted molar refractivity (Wildman–Crippen MR) is 100.0 cm³/mol. The van der Waals surface area contributed by atoms with E-state index in [1.54, 1.807) is 6.92 Å². The van der Waals surface area contributed by atoms with Gasteiger partial charge in [0.1, 0.15) is 6.04 Å². The van der Waals surface area contributed by atoms with Crippen molar-refractivity contribution in [1.29, 1.82) is 0 Å². The Labute approximate surface area is 147 Å².